The molecule has 1 saturated heterocycles. The van der Waals surface area contributed by atoms with Crippen molar-refractivity contribution in [2.45, 2.75) is 53.0 Å². The quantitative estimate of drug-likeness (QED) is 0.691. The molecule has 4 atom stereocenters. The molecule has 0 bridgehead atoms. The molecule has 0 radical (unpaired) electrons. The van der Waals surface area contributed by atoms with Crippen LogP contribution in [-0.4, -0.2) is 12.6 Å². The van der Waals surface area contributed by atoms with Crippen LogP contribution in [0.2, 0.25) is 0 Å². The minimum Gasteiger partial charge on any atom is -0.314 e. The van der Waals surface area contributed by atoms with Crippen LogP contribution in [0.3, 0.4) is 0 Å². The van der Waals surface area contributed by atoms with Crippen LogP contribution in [-0.2, 0) is 0 Å². The summed E-state index contributed by atoms with van der Waals surface area (Å²) < 4.78 is 0. The van der Waals surface area contributed by atoms with Crippen LogP contribution in [0.5, 0.6) is 0 Å². The van der Waals surface area contributed by atoms with E-state index >= 15 is 0 Å². The average Bonchev–Trinajstić information content (AvgIpc) is 2.08. The Morgan fingerprint density at radius 3 is 2.23 bits per heavy atom. The van der Waals surface area contributed by atoms with Gasteiger partial charge in [0.1, 0.15) is 0 Å². The lowest BCUT2D eigenvalue weighted by atomic mass is 9.79. The van der Waals surface area contributed by atoms with Gasteiger partial charge in [-0.1, -0.05) is 34.1 Å². The lowest BCUT2D eigenvalue weighted by Gasteiger charge is -2.33. The van der Waals surface area contributed by atoms with E-state index in [0.717, 1.165) is 23.8 Å². The van der Waals surface area contributed by atoms with Crippen molar-refractivity contribution in [1.82, 2.24) is 5.32 Å². The molecular formula is C12H25N. The smallest absolute Gasteiger partial charge is 0.00817 e. The van der Waals surface area contributed by atoms with E-state index in [9.17, 15) is 0 Å². The lowest BCUT2D eigenvalue weighted by Crippen LogP contribution is -2.44. The molecule has 0 aromatic carbocycles. The van der Waals surface area contributed by atoms with Gasteiger partial charge in [-0.25, -0.2) is 0 Å². The van der Waals surface area contributed by atoms with Gasteiger partial charge in [-0.2, -0.15) is 0 Å². The standard InChI is InChI=1S/C12H25N/c1-5-9(2)11(4)10(3)8-12-6-7-13-12/h9-13H,5-8H2,1-4H3/t9-,10?,11?,12?/m1/s1. The van der Waals surface area contributed by atoms with Crippen molar-refractivity contribution in [2.24, 2.45) is 17.8 Å². The molecule has 1 heteroatoms. The maximum Gasteiger partial charge on any atom is 0.00817 e. The van der Waals surface area contributed by atoms with Gasteiger partial charge in [-0.3, -0.25) is 0 Å². The van der Waals surface area contributed by atoms with E-state index in [-0.39, 0.29) is 0 Å². The number of hydrogen-bond donors (Lipinski definition) is 1. The van der Waals surface area contributed by atoms with Gasteiger partial charge in [-0.15, -0.1) is 0 Å². The SMILES string of the molecule is CC[C@@H](C)C(C)C(C)CC1CCN1. The van der Waals surface area contributed by atoms with E-state index in [1.54, 1.807) is 0 Å². The summed E-state index contributed by atoms with van der Waals surface area (Å²) in [7, 11) is 0. The molecule has 1 aliphatic heterocycles. The predicted molar refractivity (Wildman–Crippen MR) is 58.8 cm³/mol. The highest BCUT2D eigenvalue weighted by atomic mass is 15.0. The second-order valence-electron chi connectivity index (χ2n) is 4.90. The Morgan fingerprint density at radius 2 is 1.85 bits per heavy atom. The van der Waals surface area contributed by atoms with Gasteiger partial charge in [0.15, 0.2) is 0 Å². The molecule has 0 amide bonds. The molecule has 1 N–H and O–H groups in total. The van der Waals surface area contributed by atoms with E-state index in [1.165, 1.54) is 25.8 Å². The van der Waals surface area contributed by atoms with Gasteiger partial charge in [0, 0.05) is 6.04 Å². The molecular weight excluding hydrogens is 158 g/mol. The van der Waals surface area contributed by atoms with Gasteiger partial charge < -0.3 is 5.32 Å². The molecule has 0 spiro atoms. The minimum absolute atomic E-state index is 0.835. The summed E-state index contributed by atoms with van der Waals surface area (Å²) >= 11 is 0. The molecule has 3 unspecified atom stereocenters. The van der Waals surface area contributed by atoms with Gasteiger partial charge in [0.2, 0.25) is 0 Å². The second-order valence-corrected chi connectivity index (χ2v) is 4.90. The Kier molecular flexibility index (Phi) is 4.24. The van der Waals surface area contributed by atoms with Crippen LogP contribution in [0, 0.1) is 17.8 Å². The fourth-order valence-electron chi connectivity index (χ4n) is 2.15. The van der Waals surface area contributed by atoms with E-state index in [1.807, 2.05) is 0 Å². The molecule has 1 nitrogen and oxygen atoms in total. The third-order valence-electron chi connectivity index (χ3n) is 4.02. The molecule has 1 aliphatic rings. The van der Waals surface area contributed by atoms with Crippen molar-refractivity contribution >= 4 is 0 Å². The predicted octanol–water partition coefficient (Wildman–Crippen LogP) is 3.06. The first kappa shape index (κ1) is 11.0. The van der Waals surface area contributed by atoms with Gasteiger partial charge in [0.05, 0.1) is 0 Å². The first-order valence-corrected chi connectivity index (χ1v) is 5.88. The van der Waals surface area contributed by atoms with Gasteiger partial charge in [-0.05, 0) is 37.1 Å². The van der Waals surface area contributed by atoms with E-state index in [2.05, 4.69) is 33.0 Å². The van der Waals surface area contributed by atoms with Crippen molar-refractivity contribution in [3.8, 4) is 0 Å². The summed E-state index contributed by atoms with van der Waals surface area (Å²) in [6, 6.07) is 0.835. The third-order valence-corrected chi connectivity index (χ3v) is 4.02. The van der Waals surface area contributed by atoms with Crippen LogP contribution >= 0.6 is 0 Å². The summed E-state index contributed by atoms with van der Waals surface area (Å²) in [6.07, 6.45) is 4.10. The summed E-state index contributed by atoms with van der Waals surface area (Å²) in [6.45, 7) is 10.8. The van der Waals surface area contributed by atoms with E-state index in [4.69, 9.17) is 0 Å². The number of hydrogen-bond acceptors (Lipinski definition) is 1. The van der Waals surface area contributed by atoms with Crippen molar-refractivity contribution in [3.05, 3.63) is 0 Å². The van der Waals surface area contributed by atoms with Gasteiger partial charge in [0.25, 0.3) is 0 Å². The van der Waals surface area contributed by atoms with Crippen LogP contribution in [0.4, 0.5) is 0 Å². The Bertz CT molecular complexity index is 140. The van der Waals surface area contributed by atoms with Crippen LogP contribution in [0.25, 0.3) is 0 Å². The second kappa shape index (κ2) is 4.99. The van der Waals surface area contributed by atoms with Crippen LogP contribution < -0.4 is 5.32 Å². The molecule has 13 heavy (non-hydrogen) atoms. The topological polar surface area (TPSA) is 12.0 Å². The Hall–Kier alpha value is -0.0400. The van der Waals surface area contributed by atoms with Crippen molar-refractivity contribution in [2.75, 3.05) is 6.54 Å². The Balaban J connectivity index is 2.23. The maximum atomic E-state index is 3.49. The summed E-state index contributed by atoms with van der Waals surface area (Å²) in [5.41, 5.74) is 0. The molecule has 78 valence electrons. The maximum absolute atomic E-state index is 3.49. The summed E-state index contributed by atoms with van der Waals surface area (Å²) in [5, 5.41) is 3.49. The van der Waals surface area contributed by atoms with Gasteiger partial charge >= 0.3 is 0 Å². The highest BCUT2D eigenvalue weighted by Gasteiger charge is 2.24. The normalized spacial score (nSPS) is 29.1. The van der Waals surface area contributed by atoms with Crippen LogP contribution in [0.1, 0.15) is 47.0 Å². The fourth-order valence-corrected chi connectivity index (χ4v) is 2.15. The number of rotatable bonds is 5. The monoisotopic (exact) mass is 183 g/mol. The third kappa shape index (κ3) is 2.98. The Labute approximate surface area is 83.3 Å². The first-order chi connectivity index (χ1) is 6.15. The van der Waals surface area contributed by atoms with E-state index < -0.39 is 0 Å². The molecule has 0 aliphatic carbocycles. The lowest BCUT2D eigenvalue weighted by molar-refractivity contribution is 0.213. The zero-order valence-corrected chi connectivity index (χ0v) is 9.64. The molecule has 0 saturated carbocycles. The molecule has 0 aromatic rings. The largest absolute Gasteiger partial charge is 0.314 e. The van der Waals surface area contributed by atoms with Crippen LogP contribution in [0.15, 0.2) is 0 Å². The van der Waals surface area contributed by atoms with Crippen molar-refractivity contribution in [1.29, 1.82) is 0 Å². The Morgan fingerprint density at radius 1 is 1.23 bits per heavy atom. The number of nitrogens with one attached hydrogen (secondary N) is 1. The zero-order valence-electron chi connectivity index (χ0n) is 9.64. The zero-order chi connectivity index (χ0) is 9.84. The average molecular weight is 183 g/mol. The van der Waals surface area contributed by atoms with Crippen molar-refractivity contribution < 1.29 is 0 Å². The molecule has 0 aromatic heterocycles. The van der Waals surface area contributed by atoms with E-state index in [0.29, 0.717) is 0 Å². The van der Waals surface area contributed by atoms with Crippen molar-refractivity contribution in [3.63, 3.8) is 0 Å². The fraction of sp³-hybridized carbons (Fsp3) is 1.00. The highest BCUT2D eigenvalue weighted by molar-refractivity contribution is 4.81. The first-order valence-electron chi connectivity index (χ1n) is 5.88. The molecule has 1 heterocycles. The minimum atomic E-state index is 0.835. The molecule has 1 fully saturated rings. The summed E-state index contributed by atoms with van der Waals surface area (Å²) in [5.74, 6) is 2.65. The molecule has 1 rings (SSSR count). The highest BCUT2D eigenvalue weighted by Crippen LogP contribution is 2.27. The summed E-state index contributed by atoms with van der Waals surface area (Å²) in [4.78, 5) is 0.